The van der Waals surface area contributed by atoms with Gasteiger partial charge in [0.05, 0.1) is 43.5 Å². The van der Waals surface area contributed by atoms with Crippen molar-refractivity contribution in [2.75, 3.05) is 30.9 Å². The topological polar surface area (TPSA) is 113 Å². The number of aliphatic hydroxyl groups is 1. The number of hydrogen-bond donors (Lipinski definition) is 2. The van der Waals surface area contributed by atoms with E-state index < -0.39 is 9.84 Å². The van der Waals surface area contributed by atoms with Crippen LogP contribution in [0.5, 0.6) is 0 Å². The van der Waals surface area contributed by atoms with Crippen molar-refractivity contribution < 1.29 is 13.5 Å². The number of nitrogens with zero attached hydrogens (tertiary/aromatic N) is 5. The van der Waals surface area contributed by atoms with E-state index in [0.717, 1.165) is 37.2 Å². The molecule has 0 radical (unpaired) electrons. The number of fused-ring (bicyclic) bond motifs is 1. The minimum atomic E-state index is -3.39. The Bertz CT molecular complexity index is 936. The summed E-state index contributed by atoms with van der Waals surface area (Å²) in [5.41, 5.74) is 2.74. The Morgan fingerprint density at radius 1 is 1.33 bits per heavy atom. The van der Waals surface area contributed by atoms with Crippen LogP contribution in [0.1, 0.15) is 35.7 Å². The van der Waals surface area contributed by atoms with Crippen LogP contribution in [0.3, 0.4) is 0 Å². The fraction of sp³-hybridized carbons (Fsp3) is 0.588. The number of nitrogens with one attached hydrogen (secondary N) is 1. The smallest absolute Gasteiger partial charge is 0.226 e. The van der Waals surface area contributed by atoms with Gasteiger partial charge in [0.2, 0.25) is 5.95 Å². The molecule has 10 heteroatoms. The van der Waals surface area contributed by atoms with Gasteiger partial charge in [0.25, 0.3) is 0 Å². The average molecular weight is 392 g/mol. The summed E-state index contributed by atoms with van der Waals surface area (Å²) in [4.78, 5) is 11.3. The average Bonchev–Trinajstić information content (AvgIpc) is 3.23. The molecule has 1 atom stereocenters. The van der Waals surface area contributed by atoms with Crippen LogP contribution in [0.2, 0.25) is 0 Å². The predicted molar refractivity (Wildman–Crippen MR) is 99.2 cm³/mol. The number of anilines is 1. The van der Waals surface area contributed by atoms with Crippen molar-refractivity contribution in [3.05, 3.63) is 29.3 Å². The molecule has 2 N–H and O–H groups in total. The van der Waals surface area contributed by atoms with E-state index >= 15 is 0 Å². The highest BCUT2D eigenvalue weighted by Gasteiger charge is 2.29. The summed E-state index contributed by atoms with van der Waals surface area (Å²) in [6, 6.07) is 0. The van der Waals surface area contributed by atoms with E-state index in [-0.39, 0.29) is 17.4 Å². The van der Waals surface area contributed by atoms with Gasteiger partial charge < -0.3 is 15.3 Å². The Labute approximate surface area is 158 Å². The molecule has 1 saturated heterocycles. The van der Waals surface area contributed by atoms with Gasteiger partial charge in [0.15, 0.2) is 9.84 Å². The maximum absolute atomic E-state index is 12.2. The second kappa shape index (κ2) is 7.17. The molecular weight excluding hydrogens is 368 g/mol. The summed E-state index contributed by atoms with van der Waals surface area (Å²) in [6.07, 6.45) is 6.38. The van der Waals surface area contributed by atoms with Gasteiger partial charge in [-0.3, -0.25) is 4.68 Å². The van der Waals surface area contributed by atoms with Gasteiger partial charge in [-0.25, -0.2) is 18.4 Å². The van der Waals surface area contributed by atoms with Crippen LogP contribution >= 0.6 is 0 Å². The molecular formula is C17H24N6O3S. The number of rotatable bonds is 5. The van der Waals surface area contributed by atoms with Crippen LogP contribution in [0.4, 0.5) is 5.95 Å². The molecule has 0 saturated carbocycles. The van der Waals surface area contributed by atoms with Gasteiger partial charge in [-0.1, -0.05) is 0 Å². The van der Waals surface area contributed by atoms with E-state index in [1.54, 1.807) is 4.68 Å². The minimum absolute atomic E-state index is 0.0342. The van der Waals surface area contributed by atoms with Crippen LogP contribution < -0.4 is 10.2 Å². The molecule has 27 heavy (non-hydrogen) atoms. The third-order valence-electron chi connectivity index (χ3n) is 5.18. The Morgan fingerprint density at radius 3 is 2.89 bits per heavy atom. The number of hydrogen-bond acceptors (Lipinski definition) is 8. The molecule has 0 aromatic carbocycles. The largest absolute Gasteiger partial charge is 0.394 e. The molecule has 0 amide bonds. The van der Waals surface area contributed by atoms with Gasteiger partial charge in [-0.2, -0.15) is 5.10 Å². The summed E-state index contributed by atoms with van der Waals surface area (Å²) in [5, 5.41) is 16.8. The van der Waals surface area contributed by atoms with E-state index in [2.05, 4.69) is 15.4 Å². The van der Waals surface area contributed by atoms with Gasteiger partial charge in [-0.05, 0) is 19.4 Å². The first-order valence-corrected chi connectivity index (χ1v) is 11.0. The van der Waals surface area contributed by atoms with E-state index in [9.17, 15) is 13.5 Å². The highest BCUT2D eigenvalue weighted by Crippen LogP contribution is 2.31. The SMILES string of the molecule is CS(=O)(=O)c1cnc(N2Cc3cnn(CCO)c3C2)nc1C1CCCNC1. The predicted octanol–water partition coefficient (Wildman–Crippen LogP) is 0.0561. The highest BCUT2D eigenvalue weighted by atomic mass is 32.2. The molecule has 2 aromatic rings. The Balaban J connectivity index is 1.66. The van der Waals surface area contributed by atoms with Crippen molar-refractivity contribution >= 4 is 15.8 Å². The lowest BCUT2D eigenvalue weighted by molar-refractivity contribution is 0.267. The fourth-order valence-electron chi connectivity index (χ4n) is 3.83. The molecule has 2 aliphatic rings. The molecule has 0 aliphatic carbocycles. The molecule has 0 bridgehead atoms. The van der Waals surface area contributed by atoms with E-state index in [0.29, 0.717) is 31.3 Å². The summed E-state index contributed by atoms with van der Waals surface area (Å²) >= 11 is 0. The lowest BCUT2D eigenvalue weighted by Gasteiger charge is -2.25. The van der Waals surface area contributed by atoms with Crippen molar-refractivity contribution in [2.45, 2.75) is 43.3 Å². The quantitative estimate of drug-likeness (QED) is 0.734. The number of piperidine rings is 1. The first-order chi connectivity index (χ1) is 13.0. The maximum Gasteiger partial charge on any atom is 0.226 e. The van der Waals surface area contributed by atoms with E-state index in [1.165, 1.54) is 12.5 Å². The van der Waals surface area contributed by atoms with Gasteiger partial charge in [-0.15, -0.1) is 0 Å². The minimum Gasteiger partial charge on any atom is -0.394 e. The first-order valence-electron chi connectivity index (χ1n) is 9.14. The van der Waals surface area contributed by atoms with Crippen molar-refractivity contribution in [3.63, 3.8) is 0 Å². The molecule has 4 heterocycles. The van der Waals surface area contributed by atoms with Crippen LogP contribution in [0.15, 0.2) is 17.3 Å². The first kappa shape index (κ1) is 18.3. The zero-order valence-electron chi connectivity index (χ0n) is 15.3. The Hall–Kier alpha value is -2.04. The molecule has 1 unspecified atom stereocenters. The van der Waals surface area contributed by atoms with Crippen LogP contribution in [0, 0.1) is 0 Å². The summed E-state index contributed by atoms with van der Waals surface area (Å²) in [5.74, 6) is 0.606. The zero-order chi connectivity index (χ0) is 19.0. The van der Waals surface area contributed by atoms with Crippen molar-refractivity contribution in [2.24, 2.45) is 0 Å². The van der Waals surface area contributed by atoms with E-state index in [4.69, 9.17) is 4.98 Å². The zero-order valence-corrected chi connectivity index (χ0v) is 16.1. The van der Waals surface area contributed by atoms with Gasteiger partial charge in [0, 0.05) is 30.8 Å². The molecule has 2 aliphatic heterocycles. The molecule has 1 fully saturated rings. The molecule has 146 valence electrons. The number of sulfone groups is 1. The second-order valence-electron chi connectivity index (χ2n) is 7.15. The third kappa shape index (κ3) is 3.56. The van der Waals surface area contributed by atoms with Crippen LogP contribution in [-0.4, -0.2) is 59.2 Å². The molecule has 0 spiro atoms. The third-order valence-corrected chi connectivity index (χ3v) is 6.30. The molecule has 4 rings (SSSR count). The highest BCUT2D eigenvalue weighted by molar-refractivity contribution is 7.90. The number of aliphatic hydroxyl groups excluding tert-OH is 1. The maximum atomic E-state index is 12.2. The van der Waals surface area contributed by atoms with Crippen molar-refractivity contribution in [1.82, 2.24) is 25.1 Å². The summed E-state index contributed by atoms with van der Waals surface area (Å²) in [7, 11) is -3.39. The monoisotopic (exact) mass is 392 g/mol. The van der Waals surface area contributed by atoms with Gasteiger partial charge >= 0.3 is 0 Å². The van der Waals surface area contributed by atoms with E-state index in [1.807, 2.05) is 11.1 Å². The summed E-state index contributed by atoms with van der Waals surface area (Å²) in [6.45, 7) is 3.38. The fourth-order valence-corrected chi connectivity index (χ4v) is 4.66. The van der Waals surface area contributed by atoms with Crippen LogP contribution in [0.25, 0.3) is 0 Å². The van der Waals surface area contributed by atoms with Crippen molar-refractivity contribution in [3.8, 4) is 0 Å². The molecule has 2 aromatic heterocycles. The number of aromatic nitrogens is 4. The second-order valence-corrected chi connectivity index (χ2v) is 9.14. The lowest BCUT2D eigenvalue weighted by Crippen LogP contribution is -2.30. The summed E-state index contributed by atoms with van der Waals surface area (Å²) < 4.78 is 26.3. The van der Waals surface area contributed by atoms with Crippen LogP contribution in [-0.2, 0) is 29.5 Å². The Morgan fingerprint density at radius 2 is 2.19 bits per heavy atom. The normalized spacial score (nSPS) is 20.1. The Kier molecular flexibility index (Phi) is 4.87. The van der Waals surface area contributed by atoms with Crippen molar-refractivity contribution in [1.29, 1.82) is 0 Å². The lowest BCUT2D eigenvalue weighted by atomic mass is 9.96. The standard InChI is InChI=1S/C17H24N6O3S/c1-27(25,26)15-9-19-17(21-16(15)12-3-2-4-18-7-12)22-10-13-8-20-23(5-6-24)14(13)11-22/h8-9,12,18,24H,2-7,10-11H2,1H3. The van der Waals surface area contributed by atoms with Gasteiger partial charge in [0.1, 0.15) is 4.90 Å². The molecule has 9 nitrogen and oxygen atoms in total.